The summed E-state index contributed by atoms with van der Waals surface area (Å²) in [7, 11) is 0. The highest BCUT2D eigenvalue weighted by Gasteiger charge is 2.25. The summed E-state index contributed by atoms with van der Waals surface area (Å²) in [6, 6.07) is 13.8. The monoisotopic (exact) mass is 358 g/mol. The van der Waals surface area contributed by atoms with Gasteiger partial charge in [-0.15, -0.1) is 17.0 Å². The molecule has 2 aromatic rings. The summed E-state index contributed by atoms with van der Waals surface area (Å²) in [4.78, 5) is 14.4. The van der Waals surface area contributed by atoms with E-state index in [9.17, 15) is 4.79 Å². The maximum absolute atomic E-state index is 12.5. The molecule has 4 heteroatoms. The minimum Gasteiger partial charge on any atom is -0.345 e. The summed E-state index contributed by atoms with van der Waals surface area (Å²) >= 11 is 0. The highest BCUT2D eigenvalue weighted by Crippen LogP contribution is 2.23. The minimum atomic E-state index is 0. The number of hydrogen-bond acceptors (Lipinski definition) is 2. The molecule has 1 N–H and O–H groups in total. The lowest BCUT2D eigenvalue weighted by atomic mass is 10.0. The van der Waals surface area contributed by atoms with Gasteiger partial charge in [-0.3, -0.25) is 10.2 Å². The smallest absolute Gasteiger partial charge is 0.182 e. The summed E-state index contributed by atoms with van der Waals surface area (Å²) in [6.07, 6.45) is 0. The molecular weight excluding hydrogens is 340 g/mol. The van der Waals surface area contributed by atoms with Crippen molar-refractivity contribution in [3.8, 4) is 0 Å². The third-order valence-electron chi connectivity index (χ3n) is 3.98. The molecule has 0 spiro atoms. The van der Waals surface area contributed by atoms with E-state index in [2.05, 4.69) is 0 Å². The number of amidine groups is 1. The van der Waals surface area contributed by atoms with Crippen molar-refractivity contribution >= 4 is 28.6 Å². The Morgan fingerprint density at radius 3 is 2.64 bits per heavy atom. The molecule has 0 atom stereocenters. The molecule has 2 aromatic carbocycles. The summed E-state index contributed by atoms with van der Waals surface area (Å²) in [5.74, 6) is 0.526. The average Bonchev–Trinajstić information content (AvgIpc) is 2.78. The van der Waals surface area contributed by atoms with Crippen LogP contribution in [0.3, 0.4) is 0 Å². The summed E-state index contributed by atoms with van der Waals surface area (Å²) in [6.45, 7) is 4.85. The van der Waals surface area contributed by atoms with Gasteiger partial charge in [0.25, 0.3) is 0 Å². The predicted molar refractivity (Wildman–Crippen MR) is 94.2 cm³/mol. The average molecular weight is 359 g/mol. The zero-order valence-electron chi connectivity index (χ0n) is 12.7. The third kappa shape index (κ3) is 2.97. The fourth-order valence-electron chi connectivity index (χ4n) is 2.77. The standard InChI is InChI=1S/C18H18N2O.BrH/c1-12-7-8-13(2)16(9-12)17(21)11-20-10-14-5-3-4-6-15(14)18(20)19;/h3-9,19H,10-11H2,1-2H3;1H. The summed E-state index contributed by atoms with van der Waals surface area (Å²) in [5.41, 5.74) is 4.90. The molecule has 1 aliphatic heterocycles. The number of Topliss-reactive ketones (excluding diaryl/α,β-unsaturated/α-hetero) is 1. The van der Waals surface area contributed by atoms with Gasteiger partial charge in [-0.05, 0) is 31.0 Å². The number of carbonyl (C=O) groups excluding carboxylic acids is 1. The van der Waals surface area contributed by atoms with Crippen LogP contribution >= 0.6 is 17.0 Å². The maximum atomic E-state index is 12.5. The molecule has 1 heterocycles. The van der Waals surface area contributed by atoms with E-state index in [1.165, 1.54) is 0 Å². The molecule has 3 rings (SSSR count). The van der Waals surface area contributed by atoms with Gasteiger partial charge in [-0.25, -0.2) is 0 Å². The van der Waals surface area contributed by atoms with Crippen molar-refractivity contribution in [2.75, 3.05) is 6.54 Å². The molecule has 3 nitrogen and oxygen atoms in total. The van der Waals surface area contributed by atoms with Crippen LogP contribution in [-0.2, 0) is 6.54 Å². The van der Waals surface area contributed by atoms with Crippen LogP contribution in [0, 0.1) is 19.3 Å². The van der Waals surface area contributed by atoms with Crippen molar-refractivity contribution in [1.82, 2.24) is 4.90 Å². The summed E-state index contributed by atoms with van der Waals surface area (Å²) < 4.78 is 0. The third-order valence-corrected chi connectivity index (χ3v) is 3.98. The number of nitrogens with one attached hydrogen (secondary N) is 1. The highest BCUT2D eigenvalue weighted by atomic mass is 79.9. The van der Waals surface area contributed by atoms with Crippen molar-refractivity contribution in [3.63, 3.8) is 0 Å². The maximum Gasteiger partial charge on any atom is 0.182 e. The Kier molecular flexibility index (Phi) is 4.81. The molecule has 0 unspecified atom stereocenters. The van der Waals surface area contributed by atoms with Crippen molar-refractivity contribution in [2.45, 2.75) is 20.4 Å². The lowest BCUT2D eigenvalue weighted by Crippen LogP contribution is -2.30. The second kappa shape index (κ2) is 6.44. The van der Waals surface area contributed by atoms with E-state index in [-0.39, 0.29) is 29.3 Å². The van der Waals surface area contributed by atoms with E-state index in [0.717, 1.165) is 27.8 Å². The van der Waals surface area contributed by atoms with Crippen LogP contribution in [0.15, 0.2) is 42.5 Å². The second-order valence-corrected chi connectivity index (χ2v) is 5.60. The largest absolute Gasteiger partial charge is 0.345 e. The molecule has 0 amide bonds. The number of aryl methyl sites for hydroxylation is 2. The Balaban J connectivity index is 0.00000176. The lowest BCUT2D eigenvalue weighted by Gasteiger charge is -2.17. The van der Waals surface area contributed by atoms with Gasteiger partial charge in [0.15, 0.2) is 5.78 Å². The topological polar surface area (TPSA) is 44.2 Å². The van der Waals surface area contributed by atoms with E-state index in [0.29, 0.717) is 12.4 Å². The number of ketones is 1. The van der Waals surface area contributed by atoms with Crippen LogP contribution in [-0.4, -0.2) is 23.1 Å². The summed E-state index contributed by atoms with van der Waals surface area (Å²) in [5, 5.41) is 8.21. The van der Waals surface area contributed by atoms with E-state index in [4.69, 9.17) is 5.41 Å². The van der Waals surface area contributed by atoms with Crippen LogP contribution in [0.1, 0.15) is 32.6 Å². The van der Waals surface area contributed by atoms with Crippen LogP contribution < -0.4 is 0 Å². The quantitative estimate of drug-likeness (QED) is 0.845. The fourth-order valence-corrected chi connectivity index (χ4v) is 2.77. The molecule has 0 radical (unpaired) electrons. The van der Waals surface area contributed by atoms with Gasteiger partial charge in [0.05, 0.1) is 6.54 Å². The molecule has 22 heavy (non-hydrogen) atoms. The van der Waals surface area contributed by atoms with E-state index in [1.807, 2.05) is 61.2 Å². The molecular formula is C18H19BrN2O. The zero-order chi connectivity index (χ0) is 15.0. The van der Waals surface area contributed by atoms with Crippen LogP contribution in [0.4, 0.5) is 0 Å². The van der Waals surface area contributed by atoms with Crippen molar-refractivity contribution in [1.29, 1.82) is 5.41 Å². The number of rotatable bonds is 3. The van der Waals surface area contributed by atoms with E-state index in [1.54, 1.807) is 0 Å². The van der Waals surface area contributed by atoms with Gasteiger partial charge in [0.2, 0.25) is 0 Å². The van der Waals surface area contributed by atoms with Crippen LogP contribution in [0.25, 0.3) is 0 Å². The first-order valence-electron chi connectivity index (χ1n) is 7.08. The molecule has 0 saturated heterocycles. The first-order chi connectivity index (χ1) is 10.1. The number of hydrogen-bond donors (Lipinski definition) is 1. The SMILES string of the molecule is Br.Cc1ccc(C)c(C(=O)CN2Cc3ccccc3C2=N)c1. The van der Waals surface area contributed by atoms with Crippen molar-refractivity contribution in [2.24, 2.45) is 0 Å². The molecule has 1 aliphatic rings. The number of halogens is 1. The molecule has 0 saturated carbocycles. The zero-order valence-corrected chi connectivity index (χ0v) is 14.4. The predicted octanol–water partition coefficient (Wildman–Crippen LogP) is 3.91. The van der Waals surface area contributed by atoms with Crippen LogP contribution in [0.2, 0.25) is 0 Å². The molecule has 0 aliphatic carbocycles. The Bertz CT molecular complexity index is 740. The van der Waals surface area contributed by atoms with Crippen molar-refractivity contribution < 1.29 is 4.79 Å². The Morgan fingerprint density at radius 2 is 1.91 bits per heavy atom. The van der Waals surface area contributed by atoms with E-state index < -0.39 is 0 Å². The van der Waals surface area contributed by atoms with E-state index >= 15 is 0 Å². The molecule has 0 fully saturated rings. The first kappa shape index (κ1) is 16.4. The lowest BCUT2D eigenvalue weighted by molar-refractivity contribution is 0.0962. The van der Waals surface area contributed by atoms with Gasteiger partial charge < -0.3 is 4.90 Å². The van der Waals surface area contributed by atoms with Gasteiger partial charge in [0, 0.05) is 17.7 Å². The highest BCUT2D eigenvalue weighted by molar-refractivity contribution is 8.93. The molecule has 0 bridgehead atoms. The normalized spacial score (nSPS) is 12.8. The minimum absolute atomic E-state index is 0. The van der Waals surface area contributed by atoms with Crippen molar-refractivity contribution in [3.05, 3.63) is 70.3 Å². The van der Waals surface area contributed by atoms with Gasteiger partial charge in [-0.2, -0.15) is 0 Å². The Morgan fingerprint density at radius 1 is 1.18 bits per heavy atom. The fraction of sp³-hybridized carbons (Fsp3) is 0.222. The number of nitrogens with zero attached hydrogens (tertiary/aromatic N) is 1. The Hall–Kier alpha value is -1.94. The van der Waals surface area contributed by atoms with Gasteiger partial charge in [0.1, 0.15) is 5.84 Å². The van der Waals surface area contributed by atoms with Gasteiger partial charge in [-0.1, -0.05) is 42.0 Å². The molecule has 114 valence electrons. The second-order valence-electron chi connectivity index (χ2n) is 5.60. The number of carbonyl (C=O) groups is 1. The first-order valence-corrected chi connectivity index (χ1v) is 7.08. The molecule has 0 aromatic heterocycles. The van der Waals surface area contributed by atoms with Gasteiger partial charge >= 0.3 is 0 Å². The van der Waals surface area contributed by atoms with Crippen LogP contribution in [0.5, 0.6) is 0 Å². The number of benzene rings is 2. The Labute approximate surface area is 141 Å². The number of fused-ring (bicyclic) bond motifs is 1.